The summed E-state index contributed by atoms with van der Waals surface area (Å²) in [4.78, 5) is 2.51. The van der Waals surface area contributed by atoms with E-state index in [1.165, 1.54) is 25.7 Å². The molecular weight excluding hydrogens is 146 g/mol. The fourth-order valence-corrected chi connectivity index (χ4v) is 2.17. The molecule has 0 radical (unpaired) electrons. The number of rotatable bonds is 1. The van der Waals surface area contributed by atoms with Crippen molar-refractivity contribution in [1.29, 1.82) is 0 Å². The first-order valence-corrected chi connectivity index (χ1v) is 4.96. The maximum Gasteiger partial charge on any atom is 0.0360 e. The van der Waals surface area contributed by atoms with Crippen molar-refractivity contribution in [3.05, 3.63) is 23.4 Å². The van der Waals surface area contributed by atoms with Crippen LogP contribution in [0.2, 0.25) is 0 Å². The minimum absolute atomic E-state index is 1.15. The number of hydrogen-bond donors (Lipinski definition) is 0. The molecule has 1 heterocycles. The van der Waals surface area contributed by atoms with Crippen molar-refractivity contribution < 1.29 is 0 Å². The van der Waals surface area contributed by atoms with Crippen molar-refractivity contribution in [3.63, 3.8) is 0 Å². The van der Waals surface area contributed by atoms with E-state index in [2.05, 4.69) is 24.0 Å². The van der Waals surface area contributed by atoms with Gasteiger partial charge >= 0.3 is 0 Å². The Labute approximate surface area is 74.8 Å². The Morgan fingerprint density at radius 2 is 1.75 bits per heavy atom. The first-order chi connectivity index (χ1) is 5.88. The molecule has 1 aliphatic heterocycles. The predicted molar refractivity (Wildman–Crippen MR) is 51.9 cm³/mol. The summed E-state index contributed by atoms with van der Waals surface area (Å²) < 4.78 is 0. The van der Waals surface area contributed by atoms with Gasteiger partial charge in [-0.2, -0.15) is 0 Å². The molecule has 0 fully saturated rings. The largest absolute Gasteiger partial charge is 0.367 e. The van der Waals surface area contributed by atoms with Crippen LogP contribution in [-0.4, -0.2) is 18.0 Å². The minimum Gasteiger partial charge on any atom is -0.367 e. The predicted octanol–water partition coefficient (Wildman–Crippen LogP) is 2.71. The highest BCUT2D eigenvalue weighted by molar-refractivity contribution is 5.17. The summed E-state index contributed by atoms with van der Waals surface area (Å²) in [7, 11) is 0. The molecule has 66 valence electrons. The van der Waals surface area contributed by atoms with E-state index >= 15 is 0 Å². The van der Waals surface area contributed by atoms with E-state index in [9.17, 15) is 0 Å². The van der Waals surface area contributed by atoms with Gasteiger partial charge in [0.25, 0.3) is 0 Å². The zero-order valence-corrected chi connectivity index (χ0v) is 7.84. The van der Waals surface area contributed by atoms with Crippen LogP contribution in [0.1, 0.15) is 32.6 Å². The molecule has 0 amide bonds. The van der Waals surface area contributed by atoms with Crippen LogP contribution in [0.3, 0.4) is 0 Å². The first kappa shape index (κ1) is 7.90. The molecule has 0 aromatic carbocycles. The van der Waals surface area contributed by atoms with E-state index in [4.69, 9.17) is 0 Å². The lowest BCUT2D eigenvalue weighted by atomic mass is 9.97. The van der Waals surface area contributed by atoms with E-state index < -0.39 is 0 Å². The number of allylic oxidation sites excluding steroid dienone is 2. The van der Waals surface area contributed by atoms with Gasteiger partial charge in [-0.15, -0.1) is 0 Å². The second-order valence-corrected chi connectivity index (χ2v) is 3.81. The van der Waals surface area contributed by atoms with E-state index in [1.807, 2.05) is 0 Å². The Balaban J connectivity index is 2.09. The highest BCUT2D eigenvalue weighted by Gasteiger charge is 2.15. The fraction of sp³-hybridized carbons (Fsp3) is 0.636. The molecule has 1 aliphatic carbocycles. The number of nitrogens with zero attached hydrogens (tertiary/aromatic N) is 1. The second kappa shape index (κ2) is 3.34. The molecule has 0 saturated heterocycles. The molecule has 0 aromatic heterocycles. The van der Waals surface area contributed by atoms with Crippen molar-refractivity contribution >= 4 is 0 Å². The Morgan fingerprint density at radius 3 is 2.42 bits per heavy atom. The van der Waals surface area contributed by atoms with Gasteiger partial charge in [-0.05, 0) is 32.6 Å². The third-order valence-electron chi connectivity index (χ3n) is 2.91. The second-order valence-electron chi connectivity index (χ2n) is 3.81. The van der Waals surface area contributed by atoms with Gasteiger partial charge < -0.3 is 4.90 Å². The molecule has 0 unspecified atom stereocenters. The standard InChI is InChI=1S/C11H17N/c1-10-6-2-3-7-11(10)12-8-4-5-9-12/h4-5H,2-3,6-9H2,1H3. The van der Waals surface area contributed by atoms with Gasteiger partial charge in [0.15, 0.2) is 0 Å². The van der Waals surface area contributed by atoms with Gasteiger partial charge in [0.2, 0.25) is 0 Å². The average molecular weight is 163 g/mol. The maximum absolute atomic E-state index is 2.51. The van der Waals surface area contributed by atoms with Crippen LogP contribution in [-0.2, 0) is 0 Å². The molecular formula is C11H17N. The van der Waals surface area contributed by atoms with E-state index in [1.54, 1.807) is 11.3 Å². The van der Waals surface area contributed by atoms with Gasteiger partial charge in [-0.3, -0.25) is 0 Å². The molecule has 0 N–H and O–H groups in total. The third-order valence-corrected chi connectivity index (χ3v) is 2.91. The minimum atomic E-state index is 1.15. The number of hydrogen-bond acceptors (Lipinski definition) is 1. The Kier molecular flexibility index (Phi) is 2.20. The highest BCUT2D eigenvalue weighted by atomic mass is 15.1. The topological polar surface area (TPSA) is 3.24 Å². The molecule has 0 saturated carbocycles. The van der Waals surface area contributed by atoms with E-state index in [-0.39, 0.29) is 0 Å². The summed E-state index contributed by atoms with van der Waals surface area (Å²) in [6, 6.07) is 0. The summed E-state index contributed by atoms with van der Waals surface area (Å²) in [6.45, 7) is 4.59. The lowest BCUT2D eigenvalue weighted by molar-refractivity contribution is 0.398. The summed E-state index contributed by atoms with van der Waals surface area (Å²) in [5, 5.41) is 0. The lowest BCUT2D eigenvalue weighted by Crippen LogP contribution is -2.22. The normalized spacial score (nSPS) is 23.9. The Bertz CT molecular complexity index is 217. The zero-order valence-electron chi connectivity index (χ0n) is 7.84. The van der Waals surface area contributed by atoms with Crippen LogP contribution in [0, 0.1) is 0 Å². The molecule has 0 spiro atoms. The Morgan fingerprint density at radius 1 is 1.08 bits per heavy atom. The lowest BCUT2D eigenvalue weighted by Gasteiger charge is -2.27. The first-order valence-electron chi connectivity index (χ1n) is 4.96. The molecule has 2 rings (SSSR count). The Hall–Kier alpha value is -0.720. The van der Waals surface area contributed by atoms with Crippen molar-refractivity contribution in [2.75, 3.05) is 13.1 Å². The molecule has 0 atom stereocenters. The van der Waals surface area contributed by atoms with Crippen LogP contribution in [0.15, 0.2) is 23.4 Å². The molecule has 1 nitrogen and oxygen atoms in total. The quantitative estimate of drug-likeness (QED) is 0.537. The van der Waals surface area contributed by atoms with Crippen molar-refractivity contribution in [1.82, 2.24) is 4.90 Å². The van der Waals surface area contributed by atoms with Crippen LogP contribution in [0.4, 0.5) is 0 Å². The van der Waals surface area contributed by atoms with E-state index in [0.29, 0.717) is 0 Å². The third kappa shape index (κ3) is 1.40. The van der Waals surface area contributed by atoms with Gasteiger partial charge in [-0.25, -0.2) is 0 Å². The SMILES string of the molecule is CC1=C(N2CC=CC2)CCCC1. The van der Waals surface area contributed by atoms with Gasteiger partial charge in [0.1, 0.15) is 0 Å². The molecule has 1 heteroatoms. The van der Waals surface area contributed by atoms with Crippen molar-refractivity contribution in [3.8, 4) is 0 Å². The molecule has 12 heavy (non-hydrogen) atoms. The van der Waals surface area contributed by atoms with Gasteiger partial charge in [0.05, 0.1) is 0 Å². The summed E-state index contributed by atoms with van der Waals surface area (Å²) >= 11 is 0. The van der Waals surface area contributed by atoms with Crippen molar-refractivity contribution in [2.45, 2.75) is 32.6 Å². The monoisotopic (exact) mass is 163 g/mol. The zero-order chi connectivity index (χ0) is 8.39. The van der Waals surface area contributed by atoms with Gasteiger partial charge in [0, 0.05) is 18.8 Å². The fourth-order valence-electron chi connectivity index (χ4n) is 2.17. The maximum atomic E-state index is 2.51. The highest BCUT2D eigenvalue weighted by Crippen LogP contribution is 2.27. The van der Waals surface area contributed by atoms with Crippen LogP contribution < -0.4 is 0 Å². The molecule has 0 aromatic rings. The van der Waals surface area contributed by atoms with Crippen molar-refractivity contribution in [2.24, 2.45) is 0 Å². The summed E-state index contributed by atoms with van der Waals surface area (Å²) in [6.07, 6.45) is 9.98. The van der Waals surface area contributed by atoms with E-state index in [0.717, 1.165) is 13.1 Å². The van der Waals surface area contributed by atoms with Crippen LogP contribution >= 0.6 is 0 Å². The van der Waals surface area contributed by atoms with Crippen LogP contribution in [0.5, 0.6) is 0 Å². The molecule has 0 bridgehead atoms. The average Bonchev–Trinajstić information content (AvgIpc) is 2.57. The molecule has 2 aliphatic rings. The summed E-state index contributed by atoms with van der Waals surface area (Å²) in [5.41, 5.74) is 3.26. The summed E-state index contributed by atoms with van der Waals surface area (Å²) in [5.74, 6) is 0. The van der Waals surface area contributed by atoms with Gasteiger partial charge in [-0.1, -0.05) is 17.7 Å². The smallest absolute Gasteiger partial charge is 0.0360 e. The van der Waals surface area contributed by atoms with Crippen LogP contribution in [0.25, 0.3) is 0 Å².